The molecule has 2 aromatic rings. The van der Waals surface area contributed by atoms with Crippen molar-refractivity contribution in [1.29, 1.82) is 0 Å². The van der Waals surface area contributed by atoms with Crippen molar-refractivity contribution in [2.24, 2.45) is 5.10 Å². The van der Waals surface area contributed by atoms with Crippen LogP contribution in [-0.4, -0.2) is 17.0 Å². The minimum atomic E-state index is -0.559. The molecular weight excluding hydrogens is 357 g/mol. The normalized spacial score (nSPS) is 10.6. The summed E-state index contributed by atoms with van der Waals surface area (Å²) < 4.78 is 14.1. The van der Waals surface area contributed by atoms with Crippen LogP contribution in [0.4, 0.5) is 10.1 Å². The second-order valence-corrected chi connectivity index (χ2v) is 5.08. The molecule has 2 rings (SSSR count). The fourth-order valence-corrected chi connectivity index (χ4v) is 1.90. The summed E-state index contributed by atoms with van der Waals surface area (Å²) >= 11 is 3.13. The molecule has 0 saturated carbocycles. The summed E-state index contributed by atoms with van der Waals surface area (Å²) in [6.45, 7) is 0. The number of hydrogen-bond donors (Lipinski definition) is 1. The molecule has 1 N–H and O–H groups in total. The Balaban J connectivity index is 2.02. The minimum Gasteiger partial charge on any atom is -0.267 e. The molecule has 0 radical (unpaired) electrons. The quantitative estimate of drug-likeness (QED) is 0.512. The Morgan fingerprint density at radius 2 is 1.95 bits per heavy atom. The molecule has 0 aliphatic rings. The maximum atomic E-state index is 13.5. The van der Waals surface area contributed by atoms with E-state index in [1.165, 1.54) is 42.6 Å². The monoisotopic (exact) mass is 365 g/mol. The van der Waals surface area contributed by atoms with Crippen LogP contribution in [0.5, 0.6) is 0 Å². The molecule has 0 saturated heterocycles. The number of nitro groups is 1. The number of carbonyl (C=O) groups excluding carboxylic acids is 1. The summed E-state index contributed by atoms with van der Waals surface area (Å²) in [5, 5.41) is 14.2. The van der Waals surface area contributed by atoms with Gasteiger partial charge in [-0.25, -0.2) is 9.82 Å². The van der Waals surface area contributed by atoms with E-state index < -0.39 is 16.6 Å². The van der Waals surface area contributed by atoms with Gasteiger partial charge in [0.1, 0.15) is 5.82 Å². The molecule has 0 bridgehead atoms. The van der Waals surface area contributed by atoms with Gasteiger partial charge in [-0.15, -0.1) is 0 Å². The average molecular weight is 366 g/mol. The van der Waals surface area contributed by atoms with Gasteiger partial charge in [0.2, 0.25) is 0 Å². The van der Waals surface area contributed by atoms with E-state index in [-0.39, 0.29) is 16.8 Å². The maximum absolute atomic E-state index is 13.5. The number of benzene rings is 2. The van der Waals surface area contributed by atoms with Gasteiger partial charge in [0, 0.05) is 27.7 Å². The number of carbonyl (C=O) groups is 1. The standard InChI is InChI=1S/C14H9BrFN3O3/c15-11-4-1-10(13(16)7-11)8-17-18-14(20)9-2-5-12(6-3-9)19(21)22/h1-8H,(H,18,20)/b17-8-. The molecule has 22 heavy (non-hydrogen) atoms. The number of hydrazone groups is 1. The Hall–Kier alpha value is -2.61. The Morgan fingerprint density at radius 1 is 1.27 bits per heavy atom. The zero-order valence-corrected chi connectivity index (χ0v) is 12.6. The summed E-state index contributed by atoms with van der Waals surface area (Å²) in [7, 11) is 0. The second kappa shape index (κ2) is 6.90. The highest BCUT2D eigenvalue weighted by atomic mass is 79.9. The number of rotatable bonds is 4. The Kier molecular flexibility index (Phi) is 4.95. The summed E-state index contributed by atoms with van der Waals surface area (Å²) in [6.07, 6.45) is 1.17. The lowest BCUT2D eigenvalue weighted by molar-refractivity contribution is -0.384. The zero-order chi connectivity index (χ0) is 16.1. The number of hydrogen-bond acceptors (Lipinski definition) is 4. The van der Waals surface area contributed by atoms with Gasteiger partial charge < -0.3 is 0 Å². The molecule has 0 atom stereocenters. The molecular formula is C14H9BrFN3O3. The first kappa shape index (κ1) is 15.8. The molecule has 0 unspecified atom stereocenters. The van der Waals surface area contributed by atoms with E-state index in [2.05, 4.69) is 26.5 Å². The van der Waals surface area contributed by atoms with Crippen molar-refractivity contribution < 1.29 is 14.1 Å². The van der Waals surface area contributed by atoms with E-state index in [4.69, 9.17) is 0 Å². The van der Waals surface area contributed by atoms with Crippen molar-refractivity contribution >= 4 is 33.7 Å². The molecule has 0 aliphatic heterocycles. The van der Waals surface area contributed by atoms with Crippen LogP contribution in [0.2, 0.25) is 0 Å². The van der Waals surface area contributed by atoms with Crippen molar-refractivity contribution in [3.8, 4) is 0 Å². The molecule has 0 aliphatic carbocycles. The van der Waals surface area contributed by atoms with Gasteiger partial charge in [-0.3, -0.25) is 14.9 Å². The zero-order valence-electron chi connectivity index (χ0n) is 11.0. The third kappa shape index (κ3) is 3.95. The Bertz CT molecular complexity index is 747. The van der Waals surface area contributed by atoms with Crippen LogP contribution in [0.15, 0.2) is 52.0 Å². The van der Waals surface area contributed by atoms with E-state index in [9.17, 15) is 19.3 Å². The highest BCUT2D eigenvalue weighted by molar-refractivity contribution is 9.10. The highest BCUT2D eigenvalue weighted by Gasteiger charge is 2.08. The van der Waals surface area contributed by atoms with Gasteiger partial charge in [-0.05, 0) is 30.3 Å². The first-order valence-corrected chi connectivity index (χ1v) is 6.79. The fraction of sp³-hybridized carbons (Fsp3) is 0. The topological polar surface area (TPSA) is 84.6 Å². The minimum absolute atomic E-state index is 0.114. The number of amides is 1. The lowest BCUT2D eigenvalue weighted by atomic mass is 10.2. The van der Waals surface area contributed by atoms with Crippen molar-refractivity contribution in [2.45, 2.75) is 0 Å². The lowest BCUT2D eigenvalue weighted by Gasteiger charge is -2.00. The average Bonchev–Trinajstić information content (AvgIpc) is 2.49. The highest BCUT2D eigenvalue weighted by Crippen LogP contribution is 2.14. The molecule has 0 fully saturated rings. The number of halogens is 2. The van der Waals surface area contributed by atoms with E-state index in [0.29, 0.717) is 4.47 Å². The van der Waals surface area contributed by atoms with Crippen LogP contribution in [0, 0.1) is 15.9 Å². The van der Waals surface area contributed by atoms with Crippen LogP contribution in [0.1, 0.15) is 15.9 Å². The molecule has 2 aromatic carbocycles. The number of nitrogens with zero attached hydrogens (tertiary/aromatic N) is 2. The first-order valence-electron chi connectivity index (χ1n) is 6.00. The summed E-state index contributed by atoms with van der Waals surface area (Å²) in [6, 6.07) is 9.47. The lowest BCUT2D eigenvalue weighted by Crippen LogP contribution is -2.17. The van der Waals surface area contributed by atoms with Gasteiger partial charge in [0.25, 0.3) is 11.6 Å². The first-order chi connectivity index (χ1) is 10.5. The van der Waals surface area contributed by atoms with Crippen LogP contribution in [-0.2, 0) is 0 Å². The van der Waals surface area contributed by atoms with Crippen molar-refractivity contribution in [3.05, 3.63) is 74.0 Å². The van der Waals surface area contributed by atoms with Gasteiger partial charge in [0.15, 0.2) is 0 Å². The molecule has 0 heterocycles. The van der Waals surface area contributed by atoms with Crippen molar-refractivity contribution in [2.75, 3.05) is 0 Å². The van der Waals surface area contributed by atoms with Gasteiger partial charge in [-0.1, -0.05) is 15.9 Å². The van der Waals surface area contributed by atoms with E-state index in [1.54, 1.807) is 6.07 Å². The Morgan fingerprint density at radius 3 is 2.55 bits per heavy atom. The predicted octanol–water partition coefficient (Wildman–Crippen LogP) is 3.26. The van der Waals surface area contributed by atoms with E-state index in [1.807, 2.05) is 0 Å². The van der Waals surface area contributed by atoms with Crippen molar-refractivity contribution in [1.82, 2.24) is 5.43 Å². The largest absolute Gasteiger partial charge is 0.271 e. The third-order valence-electron chi connectivity index (χ3n) is 2.67. The van der Waals surface area contributed by atoms with Gasteiger partial charge >= 0.3 is 0 Å². The van der Waals surface area contributed by atoms with Crippen molar-refractivity contribution in [3.63, 3.8) is 0 Å². The molecule has 0 spiro atoms. The summed E-state index contributed by atoms with van der Waals surface area (Å²) in [4.78, 5) is 21.7. The summed E-state index contributed by atoms with van der Waals surface area (Å²) in [5.74, 6) is -1.04. The SMILES string of the molecule is O=C(N/N=C\c1ccc(Br)cc1F)c1ccc([N+](=O)[O-])cc1. The number of non-ortho nitro benzene ring substituents is 1. The smallest absolute Gasteiger partial charge is 0.267 e. The molecule has 1 amide bonds. The predicted molar refractivity (Wildman–Crippen MR) is 82.3 cm³/mol. The number of nitrogens with one attached hydrogen (secondary N) is 1. The van der Waals surface area contributed by atoms with Crippen LogP contribution < -0.4 is 5.43 Å². The van der Waals surface area contributed by atoms with E-state index in [0.717, 1.165) is 0 Å². The summed E-state index contributed by atoms with van der Waals surface area (Å²) in [5.41, 5.74) is 2.53. The van der Waals surface area contributed by atoms with Gasteiger partial charge in [0.05, 0.1) is 11.1 Å². The maximum Gasteiger partial charge on any atom is 0.271 e. The van der Waals surface area contributed by atoms with Gasteiger partial charge in [-0.2, -0.15) is 5.10 Å². The molecule has 8 heteroatoms. The second-order valence-electron chi connectivity index (χ2n) is 4.17. The molecule has 6 nitrogen and oxygen atoms in total. The van der Waals surface area contributed by atoms with Crippen LogP contribution in [0.25, 0.3) is 0 Å². The molecule has 0 aromatic heterocycles. The van der Waals surface area contributed by atoms with Crippen LogP contribution in [0.3, 0.4) is 0 Å². The molecule has 112 valence electrons. The number of nitro benzene ring substituents is 1. The van der Waals surface area contributed by atoms with E-state index >= 15 is 0 Å². The van der Waals surface area contributed by atoms with Crippen LogP contribution >= 0.6 is 15.9 Å². The Labute approximate surface area is 132 Å². The third-order valence-corrected chi connectivity index (χ3v) is 3.17. The fourth-order valence-electron chi connectivity index (χ4n) is 1.57.